The Morgan fingerprint density at radius 2 is 2.13 bits per heavy atom. The molecule has 0 radical (unpaired) electrons. The molecule has 1 N–H and O–H groups in total. The molecule has 5 rings (SSSR count). The van der Waals surface area contributed by atoms with Gasteiger partial charge < -0.3 is 10.1 Å². The van der Waals surface area contributed by atoms with Crippen molar-refractivity contribution in [2.75, 3.05) is 12.0 Å². The lowest BCUT2D eigenvalue weighted by molar-refractivity contribution is -0.118. The van der Waals surface area contributed by atoms with Crippen LogP contribution >= 0.6 is 23.4 Å². The summed E-state index contributed by atoms with van der Waals surface area (Å²) in [7, 11) is 1.36. The van der Waals surface area contributed by atoms with Gasteiger partial charge in [-0.15, -0.1) is 11.8 Å². The Kier molecular flexibility index (Phi) is 4.40. The number of nitrogens with one attached hydrogen (secondary N) is 1. The normalized spacial score (nSPS) is 20.9. The number of fused-ring (bicyclic) bond motifs is 2. The molecule has 2 aliphatic heterocycles. The molecule has 152 valence electrons. The molecular weight excluding hydrogens is 433 g/mol. The minimum absolute atomic E-state index is 0.0422. The van der Waals surface area contributed by atoms with Crippen LogP contribution in [0.25, 0.3) is 10.6 Å². The van der Waals surface area contributed by atoms with Gasteiger partial charge in [0.05, 0.1) is 30.6 Å². The van der Waals surface area contributed by atoms with Gasteiger partial charge in [-0.2, -0.15) is 0 Å². The number of nitrogens with zero attached hydrogens (tertiary/aromatic N) is 4. The molecule has 4 heterocycles. The number of aromatic nitrogens is 3. The van der Waals surface area contributed by atoms with E-state index in [1.165, 1.54) is 37.3 Å². The quantitative estimate of drug-likeness (QED) is 0.666. The molecule has 11 heteroatoms. The first-order valence-corrected chi connectivity index (χ1v) is 10.1. The summed E-state index contributed by atoms with van der Waals surface area (Å²) < 4.78 is 20.5. The molecule has 1 saturated heterocycles. The number of imidazole rings is 1. The summed E-state index contributed by atoms with van der Waals surface area (Å²) in [6.45, 7) is 0. The summed E-state index contributed by atoms with van der Waals surface area (Å²) in [5.41, 5.74) is 1.04. The highest BCUT2D eigenvalue weighted by molar-refractivity contribution is 8.09. The molecule has 3 aromatic rings. The number of rotatable bonds is 3. The second-order valence-corrected chi connectivity index (χ2v) is 8.20. The number of hydrogen-bond acceptors (Lipinski definition) is 6. The Balaban J connectivity index is 1.50. The molecule has 0 spiro atoms. The van der Waals surface area contributed by atoms with Crippen LogP contribution in [0.4, 0.5) is 15.0 Å². The molecule has 1 fully saturated rings. The monoisotopic (exact) mass is 445 g/mol. The maximum atomic E-state index is 13.9. The fourth-order valence-corrected chi connectivity index (χ4v) is 5.10. The molecule has 30 heavy (non-hydrogen) atoms. The van der Waals surface area contributed by atoms with Crippen LogP contribution in [-0.4, -0.2) is 44.7 Å². The highest BCUT2D eigenvalue weighted by atomic mass is 35.5. The van der Waals surface area contributed by atoms with E-state index in [1.54, 1.807) is 22.9 Å². The second kappa shape index (κ2) is 6.99. The average molecular weight is 446 g/mol. The Bertz CT molecular complexity index is 1250. The van der Waals surface area contributed by atoms with E-state index in [2.05, 4.69) is 15.3 Å². The van der Waals surface area contributed by atoms with Gasteiger partial charge in [-0.1, -0.05) is 11.6 Å². The average Bonchev–Trinajstić information content (AvgIpc) is 3.35. The smallest absolute Gasteiger partial charge is 0.330 e. The van der Waals surface area contributed by atoms with Gasteiger partial charge in [-0.05, 0) is 18.2 Å². The molecule has 0 aliphatic carbocycles. The fourth-order valence-electron chi connectivity index (χ4n) is 3.50. The third-order valence-electron chi connectivity index (χ3n) is 4.90. The SMILES string of the molecule is COc1cc(C2=CC3NC(=O)N(c4cncc5nccn45)C(=O)C3S2)c(Cl)cc1F. The molecule has 0 bridgehead atoms. The number of imide groups is 1. The van der Waals surface area contributed by atoms with Crippen LogP contribution in [0, 0.1) is 5.82 Å². The largest absolute Gasteiger partial charge is 0.494 e. The number of urea groups is 1. The lowest BCUT2D eigenvalue weighted by Gasteiger charge is -2.32. The molecule has 2 aliphatic rings. The van der Waals surface area contributed by atoms with Gasteiger partial charge >= 0.3 is 6.03 Å². The predicted molar refractivity (Wildman–Crippen MR) is 110 cm³/mol. The van der Waals surface area contributed by atoms with Crippen molar-refractivity contribution in [2.45, 2.75) is 11.3 Å². The number of thioether (sulfide) groups is 1. The highest BCUT2D eigenvalue weighted by Gasteiger charge is 2.46. The van der Waals surface area contributed by atoms with Crippen LogP contribution in [0.3, 0.4) is 0 Å². The third kappa shape index (κ3) is 2.83. The zero-order chi connectivity index (χ0) is 21.0. The van der Waals surface area contributed by atoms with E-state index in [4.69, 9.17) is 16.3 Å². The molecule has 0 saturated carbocycles. The summed E-state index contributed by atoms with van der Waals surface area (Å²) in [4.78, 5) is 35.9. The van der Waals surface area contributed by atoms with Crippen molar-refractivity contribution < 1.29 is 18.7 Å². The topological polar surface area (TPSA) is 88.8 Å². The standard InChI is InChI=1S/C19H13ClFN5O3S/c1-29-13-4-9(10(20)5-11(13)21)14-6-12-17(30-14)18(27)26(19(28)24-12)16-8-22-7-15-23-2-3-25(15)16/h2-8,12,17H,1H3,(H,24,28). The second-order valence-electron chi connectivity index (χ2n) is 6.61. The first-order valence-electron chi connectivity index (χ1n) is 8.81. The minimum atomic E-state index is -0.608. The Morgan fingerprint density at radius 3 is 2.93 bits per heavy atom. The van der Waals surface area contributed by atoms with Crippen molar-refractivity contribution >= 4 is 51.7 Å². The Labute approximate surface area is 178 Å². The molecular formula is C19H13ClFN5O3S. The van der Waals surface area contributed by atoms with Gasteiger partial charge in [-0.25, -0.2) is 19.1 Å². The maximum absolute atomic E-state index is 13.9. The summed E-state index contributed by atoms with van der Waals surface area (Å²) in [5.74, 6) is -0.640. The van der Waals surface area contributed by atoms with Crippen LogP contribution in [0.5, 0.6) is 5.75 Å². The summed E-state index contributed by atoms with van der Waals surface area (Å²) in [6.07, 6.45) is 7.92. The van der Waals surface area contributed by atoms with E-state index in [-0.39, 0.29) is 10.8 Å². The summed E-state index contributed by atoms with van der Waals surface area (Å²) in [6, 6.07) is 1.55. The van der Waals surface area contributed by atoms with Crippen LogP contribution in [0.1, 0.15) is 5.56 Å². The third-order valence-corrected chi connectivity index (χ3v) is 6.57. The van der Waals surface area contributed by atoms with E-state index < -0.39 is 29.0 Å². The number of carbonyl (C=O) groups is 2. The zero-order valence-electron chi connectivity index (χ0n) is 15.4. The molecule has 2 unspecified atom stereocenters. The van der Waals surface area contributed by atoms with Gasteiger partial charge in [0.1, 0.15) is 11.1 Å². The molecule has 2 atom stereocenters. The lowest BCUT2D eigenvalue weighted by atomic mass is 10.1. The fraction of sp³-hybridized carbons (Fsp3) is 0.158. The van der Waals surface area contributed by atoms with E-state index in [9.17, 15) is 14.0 Å². The number of halogens is 2. The first-order chi connectivity index (χ1) is 14.5. The molecule has 8 nitrogen and oxygen atoms in total. The number of carbonyl (C=O) groups excluding carboxylic acids is 2. The number of ether oxygens (including phenoxy) is 1. The Hall–Kier alpha value is -3.11. The van der Waals surface area contributed by atoms with Crippen LogP contribution in [0.2, 0.25) is 5.02 Å². The van der Waals surface area contributed by atoms with Crippen molar-refractivity contribution in [3.8, 4) is 5.75 Å². The summed E-state index contributed by atoms with van der Waals surface area (Å²) >= 11 is 7.48. The number of amides is 3. The molecule has 1 aromatic carbocycles. The number of anilines is 1. The van der Waals surface area contributed by atoms with Gasteiger partial charge in [0.2, 0.25) is 0 Å². The molecule has 2 aromatic heterocycles. The van der Waals surface area contributed by atoms with Gasteiger partial charge in [-0.3, -0.25) is 14.2 Å². The van der Waals surface area contributed by atoms with Crippen molar-refractivity contribution in [3.05, 3.63) is 59.4 Å². The van der Waals surface area contributed by atoms with E-state index >= 15 is 0 Å². The van der Waals surface area contributed by atoms with Crippen molar-refractivity contribution in [2.24, 2.45) is 0 Å². The van der Waals surface area contributed by atoms with Crippen LogP contribution in [-0.2, 0) is 4.79 Å². The predicted octanol–water partition coefficient (Wildman–Crippen LogP) is 3.11. The molecule has 3 amide bonds. The van der Waals surface area contributed by atoms with E-state index in [1.807, 2.05) is 0 Å². The van der Waals surface area contributed by atoms with Crippen molar-refractivity contribution in [3.63, 3.8) is 0 Å². The van der Waals surface area contributed by atoms with Gasteiger partial charge in [0.15, 0.2) is 17.2 Å². The zero-order valence-corrected chi connectivity index (χ0v) is 16.9. The van der Waals surface area contributed by atoms with Crippen LogP contribution < -0.4 is 15.0 Å². The van der Waals surface area contributed by atoms with Crippen molar-refractivity contribution in [1.29, 1.82) is 0 Å². The van der Waals surface area contributed by atoms with E-state index in [0.717, 1.165) is 11.0 Å². The number of hydrogen-bond donors (Lipinski definition) is 1. The highest BCUT2D eigenvalue weighted by Crippen LogP contribution is 2.45. The van der Waals surface area contributed by atoms with Crippen molar-refractivity contribution in [1.82, 2.24) is 19.7 Å². The van der Waals surface area contributed by atoms with Crippen LogP contribution in [0.15, 0.2) is 43.0 Å². The summed E-state index contributed by atoms with van der Waals surface area (Å²) in [5, 5.41) is 2.41. The lowest BCUT2D eigenvalue weighted by Crippen LogP contribution is -2.60. The number of benzene rings is 1. The minimum Gasteiger partial charge on any atom is -0.494 e. The number of methoxy groups -OCH3 is 1. The van der Waals surface area contributed by atoms with E-state index in [0.29, 0.717) is 21.9 Å². The van der Waals surface area contributed by atoms with Gasteiger partial charge in [0.25, 0.3) is 5.91 Å². The maximum Gasteiger partial charge on any atom is 0.330 e. The Morgan fingerprint density at radius 1 is 1.30 bits per heavy atom. The first kappa shape index (κ1) is 18.9. The van der Waals surface area contributed by atoms with Gasteiger partial charge in [0, 0.05) is 22.9 Å².